The second-order valence-corrected chi connectivity index (χ2v) is 4.39. The molecule has 1 aliphatic rings. The van der Waals surface area contributed by atoms with Crippen molar-refractivity contribution in [3.8, 4) is 0 Å². The minimum atomic E-state index is -0.352. The second kappa shape index (κ2) is 5.91. The number of rotatable bonds is 2. The van der Waals surface area contributed by atoms with Gasteiger partial charge in [0, 0.05) is 13.1 Å². The third-order valence-corrected chi connectivity index (χ3v) is 3.15. The molecule has 1 fully saturated rings. The molecule has 0 aliphatic carbocycles. The number of nitrogens with two attached hydrogens (primary N) is 2. The topological polar surface area (TPSA) is 72.4 Å². The molecule has 1 aromatic rings. The molecular weight excluding hydrogens is 257 g/mol. The molecule has 18 heavy (non-hydrogen) atoms. The summed E-state index contributed by atoms with van der Waals surface area (Å²) in [5.74, 6) is -0.779. The first-order valence-electron chi connectivity index (χ1n) is 5.67. The van der Waals surface area contributed by atoms with Gasteiger partial charge in [-0.1, -0.05) is 0 Å². The van der Waals surface area contributed by atoms with Gasteiger partial charge in [-0.15, -0.1) is 12.4 Å². The van der Waals surface area contributed by atoms with Crippen LogP contribution in [-0.2, 0) is 4.79 Å². The molecule has 6 heteroatoms. The zero-order chi connectivity index (χ0) is 12.4. The Labute approximate surface area is 112 Å². The highest BCUT2D eigenvalue weighted by Gasteiger charge is 2.25. The molecule has 0 spiro atoms. The maximum Gasteiger partial charge on any atom is 0.222 e. The summed E-state index contributed by atoms with van der Waals surface area (Å²) in [7, 11) is 0. The Bertz CT molecular complexity index is 441. The van der Waals surface area contributed by atoms with Crippen LogP contribution in [0.3, 0.4) is 0 Å². The first-order valence-corrected chi connectivity index (χ1v) is 5.67. The zero-order valence-electron chi connectivity index (χ0n) is 9.93. The number of primary amides is 1. The van der Waals surface area contributed by atoms with Crippen molar-refractivity contribution < 1.29 is 9.18 Å². The second-order valence-electron chi connectivity index (χ2n) is 4.39. The first kappa shape index (κ1) is 14.6. The Balaban J connectivity index is 0.00000162. The number of nitrogens with zero attached hydrogens (tertiary/aromatic N) is 1. The SMILES string of the molecule is Cl.NC(=O)C1CCCN(c2ccc(F)cc2N)C1. The molecule has 0 aromatic heterocycles. The van der Waals surface area contributed by atoms with E-state index in [-0.39, 0.29) is 30.0 Å². The highest BCUT2D eigenvalue weighted by Crippen LogP contribution is 2.28. The molecule has 1 atom stereocenters. The standard InChI is InChI=1S/C12H16FN3O.ClH/c13-9-3-4-11(10(14)6-9)16-5-1-2-8(7-16)12(15)17;/h3-4,6,8H,1-2,5,7,14H2,(H2,15,17);1H. The fourth-order valence-electron chi connectivity index (χ4n) is 2.24. The lowest BCUT2D eigenvalue weighted by atomic mass is 9.97. The number of benzene rings is 1. The molecule has 0 bridgehead atoms. The van der Waals surface area contributed by atoms with Crippen LogP contribution in [0.4, 0.5) is 15.8 Å². The van der Waals surface area contributed by atoms with E-state index in [9.17, 15) is 9.18 Å². The van der Waals surface area contributed by atoms with Gasteiger partial charge in [-0.05, 0) is 31.0 Å². The summed E-state index contributed by atoms with van der Waals surface area (Å²) < 4.78 is 12.9. The Morgan fingerprint density at radius 1 is 1.44 bits per heavy atom. The van der Waals surface area contributed by atoms with Crippen molar-refractivity contribution in [2.24, 2.45) is 11.7 Å². The third-order valence-electron chi connectivity index (χ3n) is 3.15. The number of amides is 1. The fraction of sp³-hybridized carbons (Fsp3) is 0.417. The Kier molecular flexibility index (Phi) is 4.78. The van der Waals surface area contributed by atoms with Crippen LogP contribution in [0.5, 0.6) is 0 Å². The number of halogens is 2. The molecule has 4 nitrogen and oxygen atoms in total. The summed E-state index contributed by atoms with van der Waals surface area (Å²) in [5, 5.41) is 0. The molecule has 1 unspecified atom stereocenters. The molecule has 1 saturated heterocycles. The van der Waals surface area contributed by atoms with Crippen LogP contribution in [0.1, 0.15) is 12.8 Å². The van der Waals surface area contributed by atoms with Crippen LogP contribution in [0, 0.1) is 11.7 Å². The summed E-state index contributed by atoms with van der Waals surface area (Å²) >= 11 is 0. The molecule has 1 aliphatic heterocycles. The van der Waals surface area contributed by atoms with Gasteiger partial charge in [-0.2, -0.15) is 0 Å². The van der Waals surface area contributed by atoms with E-state index in [4.69, 9.17) is 11.5 Å². The first-order chi connectivity index (χ1) is 8.08. The monoisotopic (exact) mass is 273 g/mol. The van der Waals surface area contributed by atoms with Crippen LogP contribution in [0.25, 0.3) is 0 Å². The molecule has 4 N–H and O–H groups in total. The Hall–Kier alpha value is -1.49. The van der Waals surface area contributed by atoms with Gasteiger partial charge in [0.25, 0.3) is 0 Å². The molecular formula is C12H17ClFN3O. The largest absolute Gasteiger partial charge is 0.397 e. The van der Waals surface area contributed by atoms with E-state index < -0.39 is 0 Å². The van der Waals surface area contributed by atoms with Gasteiger partial charge >= 0.3 is 0 Å². The molecule has 1 heterocycles. The lowest BCUT2D eigenvalue weighted by molar-refractivity contribution is -0.122. The lowest BCUT2D eigenvalue weighted by Crippen LogP contribution is -2.41. The smallest absolute Gasteiger partial charge is 0.222 e. The summed E-state index contributed by atoms with van der Waals surface area (Å²) in [5.41, 5.74) is 12.3. The zero-order valence-corrected chi connectivity index (χ0v) is 10.8. The Morgan fingerprint density at radius 2 is 2.17 bits per heavy atom. The van der Waals surface area contributed by atoms with Crippen molar-refractivity contribution in [3.63, 3.8) is 0 Å². The maximum absolute atomic E-state index is 12.9. The molecule has 1 amide bonds. The van der Waals surface area contributed by atoms with E-state index in [1.165, 1.54) is 12.1 Å². The molecule has 100 valence electrons. The highest BCUT2D eigenvalue weighted by molar-refractivity contribution is 5.85. The summed E-state index contributed by atoms with van der Waals surface area (Å²) in [6.07, 6.45) is 1.71. The molecule has 0 saturated carbocycles. The highest BCUT2D eigenvalue weighted by atomic mass is 35.5. The Morgan fingerprint density at radius 3 is 2.78 bits per heavy atom. The van der Waals surface area contributed by atoms with E-state index in [0.29, 0.717) is 12.2 Å². The van der Waals surface area contributed by atoms with Gasteiger partial charge in [-0.3, -0.25) is 4.79 Å². The van der Waals surface area contributed by atoms with Crippen LogP contribution in [-0.4, -0.2) is 19.0 Å². The number of nitrogen functional groups attached to an aromatic ring is 1. The van der Waals surface area contributed by atoms with Gasteiger partial charge in [0.2, 0.25) is 5.91 Å². The number of piperidine rings is 1. The predicted octanol–water partition coefficient (Wildman–Crippen LogP) is 1.53. The summed E-state index contributed by atoms with van der Waals surface area (Å²) in [6, 6.07) is 4.32. The van der Waals surface area contributed by atoms with Gasteiger partial charge in [0.05, 0.1) is 17.3 Å². The number of hydrogen-bond donors (Lipinski definition) is 2. The fourth-order valence-corrected chi connectivity index (χ4v) is 2.24. The van der Waals surface area contributed by atoms with Crippen LogP contribution in [0.15, 0.2) is 18.2 Å². The number of carbonyl (C=O) groups is 1. The van der Waals surface area contributed by atoms with E-state index in [2.05, 4.69) is 0 Å². The van der Waals surface area contributed by atoms with Crippen molar-refractivity contribution in [1.29, 1.82) is 0 Å². The number of hydrogen-bond acceptors (Lipinski definition) is 3. The van der Waals surface area contributed by atoms with Crippen LogP contribution in [0.2, 0.25) is 0 Å². The van der Waals surface area contributed by atoms with Crippen molar-refractivity contribution in [3.05, 3.63) is 24.0 Å². The van der Waals surface area contributed by atoms with E-state index in [1.54, 1.807) is 6.07 Å². The summed E-state index contributed by atoms with van der Waals surface area (Å²) in [6.45, 7) is 1.38. The molecule has 0 radical (unpaired) electrons. The van der Waals surface area contributed by atoms with E-state index in [0.717, 1.165) is 25.1 Å². The van der Waals surface area contributed by atoms with Crippen molar-refractivity contribution in [2.45, 2.75) is 12.8 Å². The number of carbonyl (C=O) groups excluding carboxylic acids is 1. The minimum Gasteiger partial charge on any atom is -0.397 e. The third kappa shape index (κ3) is 3.04. The van der Waals surface area contributed by atoms with Gasteiger partial charge in [0.1, 0.15) is 5.82 Å². The minimum absolute atomic E-state index is 0. The van der Waals surface area contributed by atoms with Crippen molar-refractivity contribution in [1.82, 2.24) is 0 Å². The lowest BCUT2D eigenvalue weighted by Gasteiger charge is -2.33. The normalized spacial score (nSPS) is 19.2. The van der Waals surface area contributed by atoms with E-state index in [1.807, 2.05) is 4.90 Å². The predicted molar refractivity (Wildman–Crippen MR) is 72.2 cm³/mol. The molecule has 1 aromatic carbocycles. The van der Waals surface area contributed by atoms with Crippen molar-refractivity contribution in [2.75, 3.05) is 23.7 Å². The van der Waals surface area contributed by atoms with Crippen molar-refractivity contribution >= 4 is 29.7 Å². The summed E-state index contributed by atoms with van der Waals surface area (Å²) in [4.78, 5) is 13.2. The van der Waals surface area contributed by atoms with Gasteiger partial charge in [-0.25, -0.2) is 4.39 Å². The van der Waals surface area contributed by atoms with E-state index >= 15 is 0 Å². The average molecular weight is 274 g/mol. The number of anilines is 2. The average Bonchev–Trinajstić information content (AvgIpc) is 2.29. The molecule has 2 rings (SSSR count). The van der Waals surface area contributed by atoms with Crippen LogP contribution < -0.4 is 16.4 Å². The van der Waals surface area contributed by atoms with Gasteiger partial charge in [0.15, 0.2) is 0 Å². The maximum atomic E-state index is 12.9. The quantitative estimate of drug-likeness (QED) is 0.803. The van der Waals surface area contributed by atoms with Gasteiger partial charge < -0.3 is 16.4 Å². The van der Waals surface area contributed by atoms with Crippen LogP contribution >= 0.6 is 12.4 Å².